The standard InChI is InChI=1S/C29H44N4O5S3/c1-5-6-7-8-9-13-24(35)39-14-11-10-12-20-15-22(34)30-16-23-31-21(17-40-23)26-33-29(4,18-41-26)28(37)32-25(19(2)3)27(36)38-20/h17,19-20,25H,5-16,18H2,1-4H3,(H,30,34)(H,32,37)/t20-,25?,29+/m1/s1. The van der Waals surface area contributed by atoms with Crippen LogP contribution >= 0.6 is 34.9 Å². The van der Waals surface area contributed by atoms with Gasteiger partial charge in [-0.3, -0.25) is 19.4 Å². The molecule has 3 heterocycles. The smallest absolute Gasteiger partial charge is 0.329 e. The van der Waals surface area contributed by atoms with E-state index in [0.29, 0.717) is 41.5 Å². The Morgan fingerprint density at radius 3 is 2.71 bits per heavy atom. The van der Waals surface area contributed by atoms with Gasteiger partial charge in [0.05, 0.1) is 13.0 Å². The van der Waals surface area contributed by atoms with Gasteiger partial charge < -0.3 is 15.4 Å². The number of hydrogen-bond acceptors (Lipinski definition) is 10. The molecule has 0 spiro atoms. The van der Waals surface area contributed by atoms with Gasteiger partial charge >= 0.3 is 5.97 Å². The van der Waals surface area contributed by atoms with Crippen molar-refractivity contribution in [1.82, 2.24) is 15.6 Å². The Bertz CT molecular complexity index is 1090. The lowest BCUT2D eigenvalue weighted by Crippen LogP contribution is -2.53. The fourth-order valence-corrected chi connectivity index (χ4v) is 7.32. The summed E-state index contributed by atoms with van der Waals surface area (Å²) in [7, 11) is 0. The highest BCUT2D eigenvalue weighted by Gasteiger charge is 2.41. The predicted molar refractivity (Wildman–Crippen MR) is 167 cm³/mol. The molecule has 2 amide bonds. The van der Waals surface area contributed by atoms with Crippen LogP contribution in [0.5, 0.6) is 0 Å². The molecule has 1 aromatic heterocycles. The summed E-state index contributed by atoms with van der Waals surface area (Å²) in [5, 5.41) is 9.30. The monoisotopic (exact) mass is 624 g/mol. The lowest BCUT2D eigenvalue weighted by molar-refractivity contribution is -0.156. The number of unbranched alkanes of at least 4 members (excludes halogenated alkanes) is 5. The van der Waals surface area contributed by atoms with Gasteiger partial charge in [0.2, 0.25) is 11.8 Å². The van der Waals surface area contributed by atoms with Crippen molar-refractivity contribution in [1.29, 1.82) is 0 Å². The Kier molecular flexibility index (Phi) is 13.6. The molecule has 12 heteroatoms. The third kappa shape index (κ3) is 10.7. The van der Waals surface area contributed by atoms with Gasteiger partial charge in [-0.1, -0.05) is 58.2 Å². The number of ether oxygens (including phenoxy) is 1. The summed E-state index contributed by atoms with van der Waals surface area (Å²) in [6.45, 7) is 7.91. The molecule has 4 bridgehead atoms. The molecule has 3 atom stereocenters. The highest BCUT2D eigenvalue weighted by molar-refractivity contribution is 8.14. The molecule has 41 heavy (non-hydrogen) atoms. The zero-order valence-electron chi connectivity index (χ0n) is 24.7. The summed E-state index contributed by atoms with van der Waals surface area (Å²) >= 11 is 4.25. The van der Waals surface area contributed by atoms with E-state index in [1.807, 2.05) is 19.2 Å². The van der Waals surface area contributed by atoms with Crippen molar-refractivity contribution in [3.8, 4) is 0 Å². The summed E-state index contributed by atoms with van der Waals surface area (Å²) < 4.78 is 5.86. The van der Waals surface area contributed by atoms with Crippen LogP contribution in [-0.4, -0.2) is 62.1 Å². The third-order valence-corrected chi connectivity index (χ3v) is 10.3. The SMILES string of the molecule is CCCCCCCC(=O)SCCCC[C@@H]1CC(=O)NCc2nc(cs2)C2=N[C@@](C)(CS2)C(=O)NC(C(C)C)C(=O)O1. The molecule has 228 valence electrons. The molecule has 2 aliphatic heterocycles. The first-order valence-corrected chi connectivity index (χ1v) is 17.6. The maximum atomic E-state index is 13.3. The summed E-state index contributed by atoms with van der Waals surface area (Å²) in [6, 6.07) is -0.863. The minimum absolute atomic E-state index is 0.0207. The van der Waals surface area contributed by atoms with E-state index in [1.54, 1.807) is 6.92 Å². The fraction of sp³-hybridized carbons (Fsp3) is 0.724. The maximum Gasteiger partial charge on any atom is 0.329 e. The topological polar surface area (TPSA) is 127 Å². The lowest BCUT2D eigenvalue weighted by atomic mass is 10.00. The van der Waals surface area contributed by atoms with Gasteiger partial charge in [-0.05, 0) is 38.5 Å². The first-order chi connectivity index (χ1) is 19.6. The number of carbonyl (C=O) groups is 4. The molecule has 0 aliphatic carbocycles. The number of amides is 2. The molecule has 0 radical (unpaired) electrons. The van der Waals surface area contributed by atoms with Crippen LogP contribution in [0.2, 0.25) is 0 Å². The number of esters is 1. The van der Waals surface area contributed by atoms with E-state index in [0.717, 1.165) is 24.3 Å². The Hall–Kier alpha value is -1.92. The molecule has 0 saturated carbocycles. The van der Waals surface area contributed by atoms with Crippen LogP contribution in [0.3, 0.4) is 0 Å². The van der Waals surface area contributed by atoms with E-state index >= 15 is 0 Å². The predicted octanol–water partition coefficient (Wildman–Crippen LogP) is 5.26. The third-order valence-electron chi connectivity index (χ3n) is 7.11. The van der Waals surface area contributed by atoms with E-state index in [2.05, 4.69) is 27.5 Å². The molecule has 0 aromatic carbocycles. The Balaban J connectivity index is 1.61. The zero-order valence-corrected chi connectivity index (χ0v) is 27.1. The minimum atomic E-state index is -1.02. The highest BCUT2D eigenvalue weighted by atomic mass is 32.2. The molecule has 9 nitrogen and oxygen atoms in total. The van der Waals surface area contributed by atoms with Gasteiger partial charge in [0.25, 0.3) is 0 Å². The van der Waals surface area contributed by atoms with Crippen molar-refractivity contribution in [3.63, 3.8) is 0 Å². The summed E-state index contributed by atoms with van der Waals surface area (Å²) in [4.78, 5) is 60.9. The summed E-state index contributed by atoms with van der Waals surface area (Å²) in [6.07, 6.45) is 7.62. The highest BCUT2D eigenvalue weighted by Crippen LogP contribution is 2.32. The number of thiazole rings is 1. The van der Waals surface area contributed by atoms with Crippen molar-refractivity contribution in [3.05, 3.63) is 16.1 Å². The number of cyclic esters (lactones) is 1. The second-order valence-electron chi connectivity index (χ2n) is 11.2. The van der Waals surface area contributed by atoms with Gasteiger partial charge in [-0.25, -0.2) is 9.78 Å². The van der Waals surface area contributed by atoms with Gasteiger partial charge in [0.1, 0.15) is 33.4 Å². The number of aromatic nitrogens is 1. The Morgan fingerprint density at radius 2 is 1.95 bits per heavy atom. The largest absolute Gasteiger partial charge is 0.460 e. The van der Waals surface area contributed by atoms with Crippen LogP contribution in [0.1, 0.15) is 103 Å². The van der Waals surface area contributed by atoms with Crippen LogP contribution in [0.15, 0.2) is 10.4 Å². The maximum absolute atomic E-state index is 13.3. The molecular formula is C29H44N4O5S3. The van der Waals surface area contributed by atoms with E-state index in [4.69, 9.17) is 4.74 Å². The quantitative estimate of drug-likeness (QED) is 0.238. The molecular weight excluding hydrogens is 581 g/mol. The van der Waals surface area contributed by atoms with Crippen molar-refractivity contribution >= 4 is 62.8 Å². The van der Waals surface area contributed by atoms with Gasteiger partial charge in [-0.2, -0.15) is 0 Å². The molecule has 0 saturated heterocycles. The van der Waals surface area contributed by atoms with Crippen LogP contribution in [0.4, 0.5) is 0 Å². The van der Waals surface area contributed by atoms with E-state index in [-0.39, 0.29) is 35.8 Å². The van der Waals surface area contributed by atoms with E-state index in [9.17, 15) is 19.2 Å². The van der Waals surface area contributed by atoms with Crippen molar-refractivity contribution in [2.24, 2.45) is 10.9 Å². The number of nitrogens with zero attached hydrogens (tertiary/aromatic N) is 2. The number of fused-ring (bicyclic) bond motifs is 4. The molecule has 3 rings (SSSR count). The van der Waals surface area contributed by atoms with Gasteiger partial charge in [0, 0.05) is 23.3 Å². The summed E-state index contributed by atoms with van der Waals surface area (Å²) in [5.41, 5.74) is -0.328. The first-order valence-electron chi connectivity index (χ1n) is 14.7. The Labute approximate surface area is 256 Å². The number of aliphatic imine (C=N–C) groups is 1. The van der Waals surface area contributed by atoms with Crippen LogP contribution in [-0.2, 0) is 30.5 Å². The normalized spacial score (nSPS) is 23.6. The average Bonchev–Trinajstić information content (AvgIpc) is 3.56. The van der Waals surface area contributed by atoms with Gasteiger partial charge in [0.15, 0.2) is 5.12 Å². The lowest BCUT2D eigenvalue weighted by Gasteiger charge is -2.27. The van der Waals surface area contributed by atoms with Crippen LogP contribution < -0.4 is 10.6 Å². The van der Waals surface area contributed by atoms with Crippen molar-refractivity contribution in [2.45, 2.75) is 116 Å². The molecule has 2 N–H and O–H groups in total. The Morgan fingerprint density at radius 1 is 1.17 bits per heavy atom. The molecule has 2 aliphatic rings. The number of rotatable bonds is 12. The number of hydrogen-bond donors (Lipinski definition) is 2. The fourth-order valence-electron chi connectivity index (χ4n) is 4.53. The minimum Gasteiger partial charge on any atom is -0.460 e. The van der Waals surface area contributed by atoms with E-state index in [1.165, 1.54) is 54.1 Å². The van der Waals surface area contributed by atoms with Crippen LogP contribution in [0.25, 0.3) is 0 Å². The van der Waals surface area contributed by atoms with Crippen LogP contribution in [0, 0.1) is 5.92 Å². The summed E-state index contributed by atoms with van der Waals surface area (Å²) in [5.74, 6) is -0.182. The van der Waals surface area contributed by atoms with Crippen molar-refractivity contribution in [2.75, 3.05) is 11.5 Å². The molecule has 1 unspecified atom stereocenters. The second-order valence-corrected chi connectivity index (χ2v) is 14.3. The first kappa shape index (κ1) is 33.6. The molecule has 0 fully saturated rings. The number of carbonyl (C=O) groups excluding carboxylic acids is 4. The molecule has 1 aromatic rings. The van der Waals surface area contributed by atoms with E-state index < -0.39 is 23.7 Å². The van der Waals surface area contributed by atoms with Crippen molar-refractivity contribution < 1.29 is 23.9 Å². The second kappa shape index (κ2) is 16.6. The number of thioether (sulfide) groups is 2. The zero-order chi connectivity index (χ0) is 29.8. The average molecular weight is 625 g/mol. The number of nitrogens with one attached hydrogen (secondary N) is 2. The van der Waals surface area contributed by atoms with Gasteiger partial charge in [-0.15, -0.1) is 23.1 Å².